The van der Waals surface area contributed by atoms with E-state index in [1.807, 2.05) is 0 Å². The molecule has 2 heterocycles. The summed E-state index contributed by atoms with van der Waals surface area (Å²) in [7, 11) is -3.72. The van der Waals surface area contributed by atoms with Gasteiger partial charge in [0.15, 0.2) is 15.9 Å². The summed E-state index contributed by atoms with van der Waals surface area (Å²) in [5.74, 6) is -1.69. The molecule has 0 saturated heterocycles. The van der Waals surface area contributed by atoms with Crippen LogP contribution in [0.2, 0.25) is 0 Å². The fraction of sp³-hybridized carbons (Fsp3) is 0.304. The lowest BCUT2D eigenvalue weighted by molar-refractivity contribution is -0.189. The molecule has 1 aliphatic heterocycles. The van der Waals surface area contributed by atoms with Gasteiger partial charge in [0.25, 0.3) is 5.91 Å². The summed E-state index contributed by atoms with van der Waals surface area (Å²) < 4.78 is 83.7. The van der Waals surface area contributed by atoms with Crippen LogP contribution in [0.3, 0.4) is 0 Å². The smallest absolute Gasteiger partial charge is 0.425 e. The van der Waals surface area contributed by atoms with Crippen molar-refractivity contribution in [1.82, 2.24) is 14.7 Å². The van der Waals surface area contributed by atoms with Crippen LogP contribution in [-0.2, 0) is 22.9 Å². The van der Waals surface area contributed by atoms with Crippen LogP contribution in [0.15, 0.2) is 53.6 Å². The number of hydrogen-bond acceptors (Lipinski definition) is 5. The number of benzene rings is 2. The molecule has 3 aromatic rings. The number of amides is 1. The predicted molar refractivity (Wildman–Crippen MR) is 117 cm³/mol. The second-order valence-electron chi connectivity index (χ2n) is 8.05. The van der Waals surface area contributed by atoms with Crippen LogP contribution in [0.5, 0.6) is 5.75 Å². The summed E-state index contributed by atoms with van der Waals surface area (Å²) in [5.41, 5.74) is 1.59. The Morgan fingerprint density at radius 3 is 2.43 bits per heavy atom. The van der Waals surface area contributed by atoms with Crippen molar-refractivity contribution in [3.05, 3.63) is 71.3 Å². The van der Waals surface area contributed by atoms with Crippen molar-refractivity contribution in [2.45, 2.75) is 44.1 Å². The quantitative estimate of drug-likeness (QED) is 0.462. The van der Waals surface area contributed by atoms with Gasteiger partial charge < -0.3 is 9.64 Å². The van der Waals surface area contributed by atoms with Crippen molar-refractivity contribution >= 4 is 15.7 Å². The molecule has 0 aliphatic carbocycles. The molecule has 1 aliphatic rings. The Morgan fingerprint density at radius 2 is 1.83 bits per heavy atom. The number of rotatable bonds is 6. The van der Waals surface area contributed by atoms with Crippen molar-refractivity contribution in [3.63, 3.8) is 0 Å². The Labute approximate surface area is 198 Å². The molecule has 4 rings (SSSR count). The van der Waals surface area contributed by atoms with Crippen LogP contribution in [-0.4, -0.2) is 47.0 Å². The minimum atomic E-state index is -4.68. The molecule has 1 atom stereocenters. The SMILES string of the molecule is CCS(=O)(=O)c1ccc(O[C@@H](C)C(F)(F)F)c(C(=O)N2Cc3cn(-c4ccc(F)cc4)nc3C2)c1. The molecule has 12 heteroatoms. The topological polar surface area (TPSA) is 81.5 Å². The van der Waals surface area contributed by atoms with Crippen molar-refractivity contribution < 1.29 is 35.5 Å². The van der Waals surface area contributed by atoms with Gasteiger partial charge in [-0.1, -0.05) is 6.92 Å². The highest BCUT2D eigenvalue weighted by atomic mass is 32.2. The van der Waals surface area contributed by atoms with Gasteiger partial charge in [0.2, 0.25) is 0 Å². The molecule has 0 fully saturated rings. The number of sulfone groups is 1. The van der Waals surface area contributed by atoms with Gasteiger partial charge in [-0.2, -0.15) is 18.3 Å². The van der Waals surface area contributed by atoms with E-state index in [1.165, 1.54) is 24.0 Å². The van der Waals surface area contributed by atoms with E-state index in [-0.39, 0.29) is 35.1 Å². The van der Waals surface area contributed by atoms with E-state index in [1.54, 1.807) is 23.0 Å². The average Bonchev–Trinajstić information content (AvgIpc) is 3.38. The molecule has 0 spiro atoms. The van der Waals surface area contributed by atoms with Crippen LogP contribution < -0.4 is 4.74 Å². The van der Waals surface area contributed by atoms with Gasteiger partial charge in [-0.3, -0.25) is 4.79 Å². The van der Waals surface area contributed by atoms with E-state index in [0.717, 1.165) is 25.1 Å². The molecule has 2 aromatic carbocycles. The first kappa shape index (κ1) is 24.7. The number of aromatic nitrogens is 2. The molecular formula is C23H21F4N3O4S. The lowest BCUT2D eigenvalue weighted by atomic mass is 10.1. The largest absolute Gasteiger partial charge is 0.480 e. The number of carbonyl (C=O) groups is 1. The van der Waals surface area contributed by atoms with Gasteiger partial charge in [0.1, 0.15) is 11.6 Å². The van der Waals surface area contributed by atoms with Crippen LogP contribution in [0, 0.1) is 5.82 Å². The van der Waals surface area contributed by atoms with Crippen LogP contribution >= 0.6 is 0 Å². The van der Waals surface area contributed by atoms with E-state index in [2.05, 4.69) is 5.10 Å². The lowest BCUT2D eigenvalue weighted by Crippen LogP contribution is -2.33. The average molecular weight is 511 g/mol. The van der Waals surface area contributed by atoms with Gasteiger partial charge in [0.05, 0.1) is 34.1 Å². The highest BCUT2D eigenvalue weighted by molar-refractivity contribution is 7.91. The Kier molecular flexibility index (Phi) is 6.34. The third-order valence-corrected chi connectivity index (χ3v) is 7.37. The second-order valence-corrected chi connectivity index (χ2v) is 10.3. The first-order chi connectivity index (χ1) is 16.4. The molecular weight excluding hydrogens is 490 g/mol. The van der Waals surface area contributed by atoms with Crippen molar-refractivity contribution in [2.24, 2.45) is 0 Å². The van der Waals surface area contributed by atoms with Crippen LogP contribution in [0.1, 0.15) is 35.5 Å². The highest BCUT2D eigenvalue weighted by Gasteiger charge is 2.39. The maximum atomic E-state index is 13.3. The van der Waals surface area contributed by atoms with E-state index in [0.29, 0.717) is 16.9 Å². The number of fused-ring (bicyclic) bond motifs is 1. The number of ether oxygens (including phenoxy) is 1. The molecule has 35 heavy (non-hydrogen) atoms. The predicted octanol–water partition coefficient (Wildman–Crippen LogP) is 4.29. The number of carbonyl (C=O) groups excluding carboxylic acids is 1. The Hall–Kier alpha value is -3.41. The summed E-state index contributed by atoms with van der Waals surface area (Å²) in [6.07, 6.45) is -5.21. The number of nitrogens with zero attached hydrogens (tertiary/aromatic N) is 3. The first-order valence-corrected chi connectivity index (χ1v) is 12.3. The van der Waals surface area contributed by atoms with Gasteiger partial charge in [-0.05, 0) is 49.4 Å². The Morgan fingerprint density at radius 1 is 1.14 bits per heavy atom. The van der Waals surface area contributed by atoms with E-state index < -0.39 is 33.8 Å². The van der Waals surface area contributed by atoms with Crippen LogP contribution in [0.4, 0.5) is 17.6 Å². The maximum Gasteiger partial charge on any atom is 0.425 e. The Balaban J connectivity index is 1.63. The van der Waals surface area contributed by atoms with Gasteiger partial charge >= 0.3 is 6.18 Å². The number of alkyl halides is 3. The second kappa shape index (κ2) is 8.99. The summed E-state index contributed by atoms with van der Waals surface area (Å²) in [5, 5.41) is 4.41. The fourth-order valence-corrected chi connectivity index (χ4v) is 4.50. The van der Waals surface area contributed by atoms with Crippen molar-refractivity contribution in [3.8, 4) is 11.4 Å². The summed E-state index contributed by atoms with van der Waals surface area (Å²) >= 11 is 0. The van der Waals surface area contributed by atoms with Gasteiger partial charge in [-0.25, -0.2) is 17.5 Å². The van der Waals surface area contributed by atoms with E-state index in [9.17, 15) is 30.8 Å². The van der Waals surface area contributed by atoms with E-state index in [4.69, 9.17) is 4.74 Å². The van der Waals surface area contributed by atoms with Crippen molar-refractivity contribution in [2.75, 3.05) is 5.75 Å². The third kappa shape index (κ3) is 5.02. The Bertz CT molecular complexity index is 1340. The van der Waals surface area contributed by atoms with Gasteiger partial charge in [-0.15, -0.1) is 0 Å². The number of halogens is 4. The molecule has 0 unspecified atom stereocenters. The van der Waals surface area contributed by atoms with Crippen LogP contribution in [0.25, 0.3) is 5.69 Å². The summed E-state index contributed by atoms with van der Waals surface area (Å²) in [6, 6.07) is 8.92. The molecule has 0 saturated carbocycles. The zero-order chi connectivity index (χ0) is 25.5. The minimum absolute atomic E-state index is 0.0569. The molecule has 0 bridgehead atoms. The molecule has 0 radical (unpaired) electrons. The maximum absolute atomic E-state index is 13.3. The zero-order valence-corrected chi connectivity index (χ0v) is 19.5. The minimum Gasteiger partial charge on any atom is -0.480 e. The molecule has 1 amide bonds. The van der Waals surface area contributed by atoms with Crippen molar-refractivity contribution in [1.29, 1.82) is 0 Å². The molecule has 7 nitrogen and oxygen atoms in total. The molecule has 1 aromatic heterocycles. The highest BCUT2D eigenvalue weighted by Crippen LogP contribution is 2.32. The standard InChI is InChI=1S/C23H21F4N3O4S/c1-3-35(32,33)18-8-9-21(34-14(2)23(25,26)27)19(10-18)22(31)29-11-15-12-30(28-20(15)13-29)17-6-4-16(24)5-7-17/h4-10,12,14H,3,11,13H2,1-2H3/t14-/m0/s1. The lowest BCUT2D eigenvalue weighted by Gasteiger charge is -2.22. The van der Waals surface area contributed by atoms with E-state index >= 15 is 0 Å². The zero-order valence-electron chi connectivity index (χ0n) is 18.7. The monoisotopic (exact) mass is 511 g/mol. The fourth-order valence-electron chi connectivity index (χ4n) is 3.59. The first-order valence-electron chi connectivity index (χ1n) is 10.6. The summed E-state index contributed by atoms with van der Waals surface area (Å²) in [6.45, 7) is 2.39. The molecule has 186 valence electrons. The third-order valence-electron chi connectivity index (χ3n) is 5.64. The normalized spacial score (nSPS) is 14.6. The summed E-state index contributed by atoms with van der Waals surface area (Å²) in [4.78, 5) is 14.5. The van der Waals surface area contributed by atoms with Gasteiger partial charge in [0, 0.05) is 18.3 Å². The molecule has 0 N–H and O–H groups in total. The number of hydrogen-bond donors (Lipinski definition) is 0.